The topological polar surface area (TPSA) is 178 Å². The molecule has 62 heavy (non-hydrogen) atoms. The van der Waals surface area contributed by atoms with E-state index in [0.29, 0.717) is 13.0 Å². The van der Waals surface area contributed by atoms with Crippen molar-refractivity contribution in [1.82, 2.24) is 0 Å². The predicted molar refractivity (Wildman–Crippen MR) is 248 cm³/mol. The van der Waals surface area contributed by atoms with Gasteiger partial charge < -0.3 is 34.3 Å². The minimum Gasteiger partial charge on any atom is -0.457 e. The smallest absolute Gasteiger partial charge is 0.397 e. The second-order valence-corrected chi connectivity index (χ2v) is 18.4. The second-order valence-electron chi connectivity index (χ2n) is 17.4. The first-order valence-corrected chi connectivity index (χ1v) is 26.5. The molecule has 0 aromatic heterocycles. The van der Waals surface area contributed by atoms with Crippen molar-refractivity contribution in [2.24, 2.45) is 0 Å². The Bertz CT molecular complexity index is 1180. The van der Waals surface area contributed by atoms with Gasteiger partial charge in [-0.2, -0.15) is 8.42 Å². The summed E-state index contributed by atoms with van der Waals surface area (Å²) in [7, 11) is -5.06. The summed E-state index contributed by atoms with van der Waals surface area (Å²) in [5.74, 6) is -0.401. The zero-order valence-electron chi connectivity index (χ0n) is 39.2. The average molecular weight is 905 g/mol. The Morgan fingerprint density at radius 2 is 1.02 bits per heavy atom. The van der Waals surface area contributed by atoms with Crippen LogP contribution in [0.2, 0.25) is 0 Å². The number of unbranched alkanes of at least 4 members (excludes halogenated alkanes) is 27. The molecule has 1 saturated heterocycles. The van der Waals surface area contributed by atoms with Gasteiger partial charge in [-0.3, -0.25) is 9.35 Å². The molecule has 0 amide bonds. The van der Waals surface area contributed by atoms with E-state index in [1.54, 1.807) is 0 Å². The van der Waals surface area contributed by atoms with Crippen LogP contribution in [0.25, 0.3) is 0 Å². The summed E-state index contributed by atoms with van der Waals surface area (Å²) in [5.41, 5.74) is 0. The number of allylic oxidation sites excluding steroid dienone is 4. The third-order valence-corrected chi connectivity index (χ3v) is 12.0. The van der Waals surface area contributed by atoms with Crippen LogP contribution in [-0.2, 0) is 38.3 Å². The Morgan fingerprint density at radius 3 is 1.47 bits per heavy atom. The lowest BCUT2D eigenvalue weighted by Crippen LogP contribution is -2.60. The Hall–Kier alpha value is -1.42. The van der Waals surface area contributed by atoms with Gasteiger partial charge in [-0.05, 0) is 64.2 Å². The maximum atomic E-state index is 12.9. The van der Waals surface area contributed by atoms with E-state index in [9.17, 15) is 33.1 Å². The van der Waals surface area contributed by atoms with Crippen LogP contribution in [0, 0.1) is 0 Å². The van der Waals surface area contributed by atoms with E-state index in [-0.39, 0.29) is 19.6 Å². The number of aliphatic hydroxyl groups excluding tert-OH is 3. The first kappa shape index (κ1) is 58.6. The molecule has 1 heterocycles. The summed E-state index contributed by atoms with van der Waals surface area (Å²) in [6, 6.07) is 0. The number of hydrogen-bond donors (Lipinski definition) is 4. The number of ether oxygens (including phenoxy) is 4. The molecule has 1 aliphatic rings. The molecule has 1 fully saturated rings. The van der Waals surface area contributed by atoms with E-state index in [4.69, 9.17) is 18.9 Å². The van der Waals surface area contributed by atoms with E-state index in [0.717, 1.165) is 44.9 Å². The van der Waals surface area contributed by atoms with Crippen molar-refractivity contribution < 1.29 is 56.2 Å². The summed E-state index contributed by atoms with van der Waals surface area (Å²) in [5, 5.41) is 30.7. The van der Waals surface area contributed by atoms with Crippen molar-refractivity contribution in [3.05, 3.63) is 24.3 Å². The third-order valence-electron chi connectivity index (χ3n) is 11.5. The third kappa shape index (κ3) is 34.0. The molecule has 1 aliphatic heterocycles. The molecule has 6 unspecified atom stereocenters. The van der Waals surface area contributed by atoms with Gasteiger partial charge in [-0.25, -0.2) is 4.18 Å². The average Bonchev–Trinajstić information content (AvgIpc) is 3.24. The first-order valence-electron chi connectivity index (χ1n) is 25.1. The lowest BCUT2D eigenvalue weighted by Gasteiger charge is -2.41. The van der Waals surface area contributed by atoms with E-state index < -0.39 is 59.8 Å². The molecule has 12 nitrogen and oxygen atoms in total. The molecule has 0 aliphatic carbocycles. The van der Waals surface area contributed by atoms with Crippen molar-refractivity contribution in [3.8, 4) is 0 Å². The van der Waals surface area contributed by atoms with Crippen molar-refractivity contribution in [2.75, 3.05) is 26.4 Å². The van der Waals surface area contributed by atoms with E-state index in [2.05, 4.69) is 42.3 Å². The monoisotopic (exact) mass is 905 g/mol. The highest BCUT2D eigenvalue weighted by atomic mass is 32.3. The van der Waals surface area contributed by atoms with E-state index in [1.807, 2.05) is 0 Å². The SMILES string of the molecule is CCCCCC/C=C\CCCCCCCCOCC(COC1OC(CO)C(O)C(OS(=O)(=O)O)C1O)OC(=O)CCCCCCCCCCC/C=C\CCCCCCCCCC. The molecule has 0 radical (unpaired) electrons. The second kappa shape index (κ2) is 41.0. The number of aliphatic hydroxyl groups is 3. The minimum absolute atomic E-state index is 0.0337. The van der Waals surface area contributed by atoms with Gasteiger partial charge in [0.1, 0.15) is 30.5 Å². The van der Waals surface area contributed by atoms with Crippen LogP contribution in [-0.4, -0.2) is 97.5 Å². The summed E-state index contributed by atoms with van der Waals surface area (Å²) < 4.78 is 59.2. The highest BCUT2D eigenvalue weighted by Crippen LogP contribution is 2.26. The van der Waals surface area contributed by atoms with Crippen molar-refractivity contribution >= 4 is 16.4 Å². The molecule has 0 bridgehead atoms. The molecule has 6 atom stereocenters. The molecule has 0 aromatic rings. The quantitative estimate of drug-likeness (QED) is 0.0197. The maximum absolute atomic E-state index is 12.9. The first-order chi connectivity index (χ1) is 30.1. The van der Waals surface area contributed by atoms with Gasteiger partial charge in [0.05, 0.1) is 19.8 Å². The Balaban J connectivity index is 2.36. The highest BCUT2D eigenvalue weighted by molar-refractivity contribution is 7.80. The van der Waals surface area contributed by atoms with Crippen LogP contribution < -0.4 is 0 Å². The normalized spacial score (nSPS) is 20.1. The van der Waals surface area contributed by atoms with E-state index in [1.165, 1.54) is 148 Å². The van der Waals surface area contributed by atoms with Crippen molar-refractivity contribution in [1.29, 1.82) is 0 Å². The fraction of sp³-hybridized carbons (Fsp3) is 0.898. The van der Waals surface area contributed by atoms with Gasteiger partial charge >= 0.3 is 16.4 Å². The van der Waals surface area contributed by atoms with Crippen molar-refractivity contribution in [2.45, 2.75) is 256 Å². The van der Waals surface area contributed by atoms with Gasteiger partial charge in [0.2, 0.25) is 0 Å². The number of carbonyl (C=O) groups excluding carboxylic acids is 1. The zero-order chi connectivity index (χ0) is 45.4. The number of esters is 1. The Labute approximate surface area is 378 Å². The summed E-state index contributed by atoms with van der Waals surface area (Å²) in [6.45, 7) is 3.99. The molecule has 0 saturated carbocycles. The lowest BCUT2D eigenvalue weighted by molar-refractivity contribution is -0.301. The van der Waals surface area contributed by atoms with Crippen LogP contribution in [0.4, 0.5) is 0 Å². The molecule has 0 aromatic carbocycles. The maximum Gasteiger partial charge on any atom is 0.397 e. The fourth-order valence-electron chi connectivity index (χ4n) is 7.72. The summed E-state index contributed by atoms with van der Waals surface area (Å²) in [4.78, 5) is 12.9. The predicted octanol–water partition coefficient (Wildman–Crippen LogP) is 11.2. The summed E-state index contributed by atoms with van der Waals surface area (Å²) >= 11 is 0. The van der Waals surface area contributed by atoms with Crippen LogP contribution >= 0.6 is 0 Å². The van der Waals surface area contributed by atoms with Crippen LogP contribution in [0.1, 0.15) is 219 Å². The lowest BCUT2D eigenvalue weighted by atomic mass is 9.99. The van der Waals surface area contributed by atoms with Crippen molar-refractivity contribution in [3.63, 3.8) is 0 Å². The molecular formula is C49H92O12S. The zero-order valence-corrected chi connectivity index (χ0v) is 40.0. The van der Waals surface area contributed by atoms with Crippen LogP contribution in [0.3, 0.4) is 0 Å². The van der Waals surface area contributed by atoms with Gasteiger partial charge in [-0.15, -0.1) is 0 Å². The minimum atomic E-state index is -5.06. The van der Waals surface area contributed by atoms with Crippen LogP contribution in [0.5, 0.6) is 0 Å². The molecule has 366 valence electrons. The van der Waals surface area contributed by atoms with Gasteiger partial charge in [0.15, 0.2) is 6.29 Å². The number of carbonyl (C=O) groups is 1. The van der Waals surface area contributed by atoms with Gasteiger partial charge in [-0.1, -0.05) is 173 Å². The van der Waals surface area contributed by atoms with Crippen LogP contribution in [0.15, 0.2) is 24.3 Å². The Morgan fingerprint density at radius 1 is 0.597 bits per heavy atom. The molecule has 0 spiro atoms. The van der Waals surface area contributed by atoms with E-state index >= 15 is 0 Å². The number of hydrogen-bond acceptors (Lipinski definition) is 11. The Kier molecular flexibility index (Phi) is 38.8. The standard InChI is InChI=1S/C49H92O12S/c1-3-5-7-9-11-13-15-17-19-20-21-22-23-24-25-26-28-30-32-34-36-38-45(51)59-43(41-57-39-37-35-33-31-29-27-18-16-14-12-10-8-6-4-2)42-58-49-47(53)48(61-62(54,55)56)46(52)44(40-50)60-49/h14,16,20-21,43-44,46-50,52-53H,3-13,15,17-19,22-42H2,1-2H3,(H,54,55,56)/b16-14-,21-20-. The molecule has 1 rings (SSSR count). The molecule has 13 heteroatoms. The van der Waals surface area contributed by atoms with Gasteiger partial charge in [0.25, 0.3) is 0 Å². The molecule has 4 N–H and O–H groups in total. The largest absolute Gasteiger partial charge is 0.457 e. The number of rotatable bonds is 44. The highest BCUT2D eigenvalue weighted by Gasteiger charge is 2.48. The van der Waals surface area contributed by atoms with Gasteiger partial charge in [0, 0.05) is 13.0 Å². The molecular weight excluding hydrogens is 813 g/mol. The fourth-order valence-corrected chi connectivity index (χ4v) is 8.23. The summed E-state index contributed by atoms with van der Waals surface area (Å²) in [6.07, 6.45) is 37.8.